The molecular weight excluding hydrogens is 342 g/mol. The molecule has 4 fully saturated rings. The lowest BCUT2D eigenvalue weighted by atomic mass is 9.43. The standard InChI is InChI=1S/C26H33NO/c1-24-12-22-13-25(2,17-24)19-26(14-22,18-24)27-15-21-9-6-10-23(11-21)28-16-20-7-4-3-5-8-20/h3-11,22,27H,12-19H2,1-2H3. The van der Waals surface area contributed by atoms with E-state index in [0.29, 0.717) is 23.0 Å². The summed E-state index contributed by atoms with van der Waals surface area (Å²) in [6.07, 6.45) is 8.43. The van der Waals surface area contributed by atoms with E-state index in [1.807, 2.05) is 6.07 Å². The highest BCUT2D eigenvalue weighted by molar-refractivity contribution is 5.29. The van der Waals surface area contributed by atoms with Crippen molar-refractivity contribution < 1.29 is 4.74 Å². The van der Waals surface area contributed by atoms with Crippen molar-refractivity contribution in [1.82, 2.24) is 5.32 Å². The highest BCUT2D eigenvalue weighted by Crippen LogP contribution is 2.66. The smallest absolute Gasteiger partial charge is 0.120 e. The van der Waals surface area contributed by atoms with E-state index in [9.17, 15) is 0 Å². The Bertz CT molecular complexity index is 827. The predicted molar refractivity (Wildman–Crippen MR) is 114 cm³/mol. The molecule has 4 bridgehead atoms. The van der Waals surface area contributed by atoms with Crippen LogP contribution in [0.2, 0.25) is 0 Å². The molecule has 2 heteroatoms. The Morgan fingerprint density at radius 1 is 0.857 bits per heavy atom. The molecule has 0 amide bonds. The molecule has 4 aliphatic rings. The third kappa shape index (κ3) is 3.59. The molecule has 2 aromatic carbocycles. The van der Waals surface area contributed by atoms with E-state index >= 15 is 0 Å². The number of nitrogens with one attached hydrogen (secondary N) is 1. The molecule has 6 rings (SSSR count). The minimum absolute atomic E-state index is 0.351. The molecule has 2 unspecified atom stereocenters. The van der Waals surface area contributed by atoms with Gasteiger partial charge in [-0.1, -0.05) is 56.3 Å². The van der Waals surface area contributed by atoms with E-state index in [-0.39, 0.29) is 0 Å². The minimum Gasteiger partial charge on any atom is -0.489 e. The second-order valence-corrected chi connectivity index (χ2v) is 10.7. The lowest BCUT2D eigenvalue weighted by Gasteiger charge is -2.65. The summed E-state index contributed by atoms with van der Waals surface area (Å²) < 4.78 is 6.03. The van der Waals surface area contributed by atoms with Crippen molar-refractivity contribution in [1.29, 1.82) is 0 Å². The molecule has 2 aromatic rings. The first-order chi connectivity index (χ1) is 13.4. The second-order valence-electron chi connectivity index (χ2n) is 10.7. The fraction of sp³-hybridized carbons (Fsp3) is 0.538. The van der Waals surface area contributed by atoms with Crippen LogP contribution in [-0.4, -0.2) is 5.54 Å². The van der Waals surface area contributed by atoms with Crippen molar-refractivity contribution in [2.75, 3.05) is 0 Å². The van der Waals surface area contributed by atoms with Crippen molar-refractivity contribution >= 4 is 0 Å². The highest BCUT2D eigenvalue weighted by atomic mass is 16.5. The van der Waals surface area contributed by atoms with Crippen molar-refractivity contribution in [3.8, 4) is 5.75 Å². The van der Waals surface area contributed by atoms with Crippen LogP contribution in [0.15, 0.2) is 54.6 Å². The van der Waals surface area contributed by atoms with Gasteiger partial charge in [0.25, 0.3) is 0 Å². The van der Waals surface area contributed by atoms with Crippen LogP contribution in [0.4, 0.5) is 0 Å². The lowest BCUT2D eigenvalue weighted by molar-refractivity contribution is -0.118. The van der Waals surface area contributed by atoms with Crippen molar-refractivity contribution in [3.05, 3.63) is 65.7 Å². The first kappa shape index (κ1) is 18.2. The fourth-order valence-electron chi connectivity index (χ4n) is 7.42. The Hall–Kier alpha value is -1.80. The number of hydrogen-bond donors (Lipinski definition) is 1. The average Bonchev–Trinajstić information content (AvgIpc) is 2.63. The Morgan fingerprint density at radius 2 is 1.57 bits per heavy atom. The van der Waals surface area contributed by atoms with Gasteiger partial charge in [0.15, 0.2) is 0 Å². The molecule has 0 heterocycles. The van der Waals surface area contributed by atoms with Crippen LogP contribution < -0.4 is 10.1 Å². The molecule has 0 spiro atoms. The maximum atomic E-state index is 6.03. The SMILES string of the molecule is CC12CC3CC(C)(C1)CC(NCc1cccc(OCc4ccccc4)c1)(C3)C2. The van der Waals surface area contributed by atoms with E-state index in [1.54, 1.807) is 0 Å². The molecule has 148 valence electrons. The summed E-state index contributed by atoms with van der Waals surface area (Å²) in [5.74, 6) is 1.90. The fourth-order valence-corrected chi connectivity index (χ4v) is 7.42. The second kappa shape index (κ2) is 6.62. The molecule has 2 nitrogen and oxygen atoms in total. The molecule has 0 saturated heterocycles. The van der Waals surface area contributed by atoms with Crippen LogP contribution in [0.3, 0.4) is 0 Å². The van der Waals surface area contributed by atoms with E-state index in [1.165, 1.54) is 49.7 Å². The summed E-state index contributed by atoms with van der Waals surface area (Å²) >= 11 is 0. The van der Waals surface area contributed by atoms with E-state index in [4.69, 9.17) is 4.74 Å². The quantitative estimate of drug-likeness (QED) is 0.658. The zero-order chi connectivity index (χ0) is 19.2. The zero-order valence-electron chi connectivity index (χ0n) is 17.3. The van der Waals surface area contributed by atoms with Gasteiger partial charge in [-0.15, -0.1) is 0 Å². The van der Waals surface area contributed by atoms with Crippen LogP contribution >= 0.6 is 0 Å². The third-order valence-electron chi connectivity index (χ3n) is 7.44. The van der Waals surface area contributed by atoms with E-state index < -0.39 is 0 Å². The molecule has 1 N–H and O–H groups in total. The number of benzene rings is 2. The maximum absolute atomic E-state index is 6.03. The van der Waals surface area contributed by atoms with Gasteiger partial charge in [0.1, 0.15) is 12.4 Å². The summed E-state index contributed by atoms with van der Waals surface area (Å²) in [5, 5.41) is 4.04. The molecule has 0 radical (unpaired) electrons. The summed E-state index contributed by atoms with van der Waals surface area (Å²) in [6, 6.07) is 19.0. The van der Waals surface area contributed by atoms with Crippen LogP contribution in [-0.2, 0) is 13.2 Å². The van der Waals surface area contributed by atoms with Crippen molar-refractivity contribution in [2.24, 2.45) is 16.7 Å². The molecule has 2 atom stereocenters. The molecule has 0 aliphatic heterocycles. The Morgan fingerprint density at radius 3 is 2.29 bits per heavy atom. The molecule has 4 aliphatic carbocycles. The Labute approximate surface area is 169 Å². The van der Waals surface area contributed by atoms with Crippen LogP contribution in [0, 0.1) is 16.7 Å². The minimum atomic E-state index is 0.351. The monoisotopic (exact) mass is 375 g/mol. The third-order valence-corrected chi connectivity index (χ3v) is 7.44. The van der Waals surface area contributed by atoms with Gasteiger partial charge in [-0.3, -0.25) is 0 Å². The Balaban J connectivity index is 1.25. The summed E-state index contributed by atoms with van der Waals surface area (Å²) in [7, 11) is 0. The Kier molecular flexibility index (Phi) is 4.32. The van der Waals surface area contributed by atoms with Gasteiger partial charge >= 0.3 is 0 Å². The predicted octanol–water partition coefficient (Wildman–Crippen LogP) is 6.10. The number of ether oxygens (including phenoxy) is 1. The van der Waals surface area contributed by atoms with Crippen LogP contribution in [0.25, 0.3) is 0 Å². The van der Waals surface area contributed by atoms with Gasteiger partial charge in [0.05, 0.1) is 0 Å². The summed E-state index contributed by atoms with van der Waals surface area (Å²) in [6.45, 7) is 6.66. The van der Waals surface area contributed by atoms with Crippen molar-refractivity contribution in [2.45, 2.75) is 71.1 Å². The van der Waals surface area contributed by atoms with E-state index in [2.05, 4.69) is 67.7 Å². The van der Waals surface area contributed by atoms with Gasteiger partial charge in [-0.2, -0.15) is 0 Å². The van der Waals surface area contributed by atoms with E-state index in [0.717, 1.165) is 18.2 Å². The summed E-state index contributed by atoms with van der Waals surface area (Å²) in [4.78, 5) is 0. The number of rotatable bonds is 6. The van der Waals surface area contributed by atoms with Gasteiger partial charge < -0.3 is 10.1 Å². The van der Waals surface area contributed by atoms with Crippen LogP contribution in [0.5, 0.6) is 5.75 Å². The van der Waals surface area contributed by atoms with Gasteiger partial charge in [-0.05, 0) is 78.5 Å². The maximum Gasteiger partial charge on any atom is 0.120 e. The van der Waals surface area contributed by atoms with Crippen molar-refractivity contribution in [3.63, 3.8) is 0 Å². The molecule has 0 aromatic heterocycles. The normalized spacial score (nSPS) is 35.9. The highest BCUT2D eigenvalue weighted by Gasteiger charge is 2.59. The van der Waals surface area contributed by atoms with Gasteiger partial charge in [-0.25, -0.2) is 0 Å². The summed E-state index contributed by atoms with van der Waals surface area (Å²) in [5.41, 5.74) is 4.01. The molecule has 4 saturated carbocycles. The van der Waals surface area contributed by atoms with Gasteiger partial charge in [0, 0.05) is 12.1 Å². The first-order valence-corrected chi connectivity index (χ1v) is 10.9. The lowest BCUT2D eigenvalue weighted by Crippen LogP contribution is -2.63. The average molecular weight is 376 g/mol. The number of hydrogen-bond acceptors (Lipinski definition) is 2. The zero-order valence-corrected chi connectivity index (χ0v) is 17.3. The molecular formula is C26H33NO. The van der Waals surface area contributed by atoms with Gasteiger partial charge in [0.2, 0.25) is 0 Å². The topological polar surface area (TPSA) is 21.3 Å². The largest absolute Gasteiger partial charge is 0.489 e. The first-order valence-electron chi connectivity index (χ1n) is 10.9. The molecule has 28 heavy (non-hydrogen) atoms. The van der Waals surface area contributed by atoms with Crippen LogP contribution in [0.1, 0.15) is 63.5 Å².